The molecule has 7 heteroatoms. The van der Waals surface area contributed by atoms with E-state index >= 15 is 0 Å². The number of nitrogens with zero attached hydrogens (tertiary/aromatic N) is 2. The van der Waals surface area contributed by atoms with Gasteiger partial charge < -0.3 is 10.6 Å². The second-order valence-corrected chi connectivity index (χ2v) is 6.15. The lowest BCUT2D eigenvalue weighted by Gasteiger charge is -2.24. The molecule has 0 aliphatic carbocycles. The van der Waals surface area contributed by atoms with E-state index in [1.165, 1.54) is 6.07 Å². The lowest BCUT2D eigenvalue weighted by atomic mass is 10.1. The second kappa shape index (κ2) is 5.47. The molecule has 0 amide bonds. The first kappa shape index (κ1) is 15.3. The van der Waals surface area contributed by atoms with Crippen LogP contribution in [0, 0.1) is 24.2 Å². The smallest absolute Gasteiger partial charge is 0.238 e. The van der Waals surface area contributed by atoms with E-state index in [9.17, 15) is 8.42 Å². The van der Waals surface area contributed by atoms with Gasteiger partial charge in [0.2, 0.25) is 10.0 Å². The summed E-state index contributed by atoms with van der Waals surface area (Å²) in [5, 5.41) is 14.0. The maximum absolute atomic E-state index is 11.5. The van der Waals surface area contributed by atoms with Crippen LogP contribution in [0.4, 0.5) is 11.4 Å². The lowest BCUT2D eigenvalue weighted by molar-refractivity contribution is 0.597. The van der Waals surface area contributed by atoms with E-state index < -0.39 is 10.0 Å². The van der Waals surface area contributed by atoms with Crippen molar-refractivity contribution in [3.63, 3.8) is 0 Å². The van der Waals surface area contributed by atoms with Crippen LogP contribution in [0.15, 0.2) is 17.0 Å². The molecule has 0 aliphatic rings. The van der Waals surface area contributed by atoms with Crippen LogP contribution in [0.3, 0.4) is 0 Å². The van der Waals surface area contributed by atoms with Crippen molar-refractivity contribution in [1.29, 1.82) is 5.26 Å². The Kier molecular flexibility index (Phi) is 4.39. The number of hydrogen-bond acceptors (Lipinski definition) is 5. The minimum Gasteiger partial charge on any atom is -0.399 e. The molecule has 1 atom stereocenters. The van der Waals surface area contributed by atoms with Crippen molar-refractivity contribution in [2.24, 2.45) is 11.1 Å². The fourth-order valence-electron chi connectivity index (χ4n) is 1.94. The monoisotopic (exact) mass is 282 g/mol. The van der Waals surface area contributed by atoms with Crippen molar-refractivity contribution >= 4 is 21.4 Å². The van der Waals surface area contributed by atoms with E-state index in [1.807, 2.05) is 0 Å². The number of benzene rings is 1. The van der Waals surface area contributed by atoms with Crippen LogP contribution in [0.5, 0.6) is 0 Å². The molecular formula is C12H18N4O2S. The number of nitrogens with two attached hydrogens (primary N) is 2. The zero-order valence-corrected chi connectivity index (χ0v) is 12.0. The zero-order valence-electron chi connectivity index (χ0n) is 11.2. The van der Waals surface area contributed by atoms with E-state index in [-0.39, 0.29) is 10.8 Å². The first-order valence-corrected chi connectivity index (χ1v) is 7.25. The molecular weight excluding hydrogens is 264 g/mol. The highest BCUT2D eigenvalue weighted by Crippen LogP contribution is 2.28. The normalized spacial score (nSPS) is 12.8. The van der Waals surface area contributed by atoms with Crippen molar-refractivity contribution in [3.8, 4) is 6.07 Å². The minimum atomic E-state index is -3.82. The summed E-state index contributed by atoms with van der Waals surface area (Å²) in [7, 11) is -2.04. The van der Waals surface area contributed by atoms with Gasteiger partial charge in [0.1, 0.15) is 0 Å². The summed E-state index contributed by atoms with van der Waals surface area (Å²) >= 11 is 0. The van der Waals surface area contributed by atoms with Gasteiger partial charge in [0.25, 0.3) is 0 Å². The number of primary sulfonamides is 1. The van der Waals surface area contributed by atoms with E-state index in [0.29, 0.717) is 23.5 Å². The molecule has 0 saturated carbocycles. The topological polar surface area (TPSA) is 113 Å². The Hall–Kier alpha value is -1.78. The summed E-state index contributed by atoms with van der Waals surface area (Å²) in [5.41, 5.74) is 7.23. The molecule has 0 bridgehead atoms. The van der Waals surface area contributed by atoms with Gasteiger partial charge in [0.15, 0.2) is 0 Å². The van der Waals surface area contributed by atoms with Gasteiger partial charge in [-0.1, -0.05) is 0 Å². The Morgan fingerprint density at radius 3 is 2.53 bits per heavy atom. The molecule has 1 rings (SSSR count). The number of sulfonamides is 1. The first-order chi connectivity index (χ1) is 8.66. The summed E-state index contributed by atoms with van der Waals surface area (Å²) < 4.78 is 23.0. The zero-order chi connectivity index (χ0) is 14.8. The summed E-state index contributed by atoms with van der Waals surface area (Å²) in [4.78, 5) is 1.81. The predicted octanol–water partition coefficient (Wildman–Crippen LogP) is 0.821. The largest absolute Gasteiger partial charge is 0.399 e. The molecule has 0 aliphatic heterocycles. The van der Waals surface area contributed by atoms with Crippen LogP contribution in [-0.4, -0.2) is 22.0 Å². The summed E-state index contributed by atoms with van der Waals surface area (Å²) in [5.74, 6) is -0.177. The maximum atomic E-state index is 11.5. The summed E-state index contributed by atoms with van der Waals surface area (Å²) in [6.45, 7) is 3.94. The number of hydrogen-bond donors (Lipinski definition) is 2. The van der Waals surface area contributed by atoms with Crippen LogP contribution in [0.25, 0.3) is 0 Å². The van der Waals surface area contributed by atoms with Crippen LogP contribution in [-0.2, 0) is 10.0 Å². The highest BCUT2D eigenvalue weighted by Gasteiger charge is 2.18. The van der Waals surface area contributed by atoms with Gasteiger partial charge in [0.05, 0.1) is 16.9 Å². The molecule has 19 heavy (non-hydrogen) atoms. The fraction of sp³-hybridized carbons (Fsp3) is 0.417. The third-order valence-electron chi connectivity index (χ3n) is 2.84. The first-order valence-electron chi connectivity index (χ1n) is 5.70. The quantitative estimate of drug-likeness (QED) is 0.794. The molecule has 1 aromatic carbocycles. The standard InChI is InChI=1S/C12H18N4O2S/c1-8(6-13)7-16(3)11-4-10(14)5-12(9(11)2)19(15,17)18/h4-5,8H,7,14H2,1-3H3,(H2,15,17,18). The van der Waals surface area contributed by atoms with Crippen LogP contribution < -0.4 is 15.8 Å². The van der Waals surface area contributed by atoms with Gasteiger partial charge in [-0.25, -0.2) is 13.6 Å². The van der Waals surface area contributed by atoms with Gasteiger partial charge in [-0.15, -0.1) is 0 Å². The van der Waals surface area contributed by atoms with E-state index in [4.69, 9.17) is 16.1 Å². The predicted molar refractivity (Wildman–Crippen MR) is 75.0 cm³/mol. The van der Waals surface area contributed by atoms with Gasteiger partial charge in [-0.2, -0.15) is 5.26 Å². The maximum Gasteiger partial charge on any atom is 0.238 e. The van der Waals surface area contributed by atoms with Crippen molar-refractivity contribution < 1.29 is 8.42 Å². The molecule has 104 valence electrons. The number of rotatable bonds is 4. The van der Waals surface area contributed by atoms with Gasteiger partial charge in [0, 0.05) is 25.0 Å². The molecule has 0 spiro atoms. The van der Waals surface area contributed by atoms with Crippen LogP contribution in [0.1, 0.15) is 12.5 Å². The van der Waals surface area contributed by atoms with Crippen molar-refractivity contribution in [2.45, 2.75) is 18.7 Å². The minimum absolute atomic E-state index is 0.0129. The van der Waals surface area contributed by atoms with E-state index in [1.54, 1.807) is 31.9 Å². The third kappa shape index (κ3) is 3.59. The number of anilines is 2. The molecule has 1 aromatic rings. The highest BCUT2D eigenvalue weighted by molar-refractivity contribution is 7.89. The molecule has 0 heterocycles. The van der Waals surface area contributed by atoms with E-state index in [2.05, 4.69) is 6.07 Å². The Labute approximate surface area is 113 Å². The summed E-state index contributed by atoms with van der Waals surface area (Å²) in [6.07, 6.45) is 0. The fourth-order valence-corrected chi connectivity index (χ4v) is 2.77. The average Bonchev–Trinajstić information content (AvgIpc) is 2.29. The lowest BCUT2D eigenvalue weighted by Crippen LogP contribution is -2.25. The van der Waals surface area contributed by atoms with Crippen LogP contribution in [0.2, 0.25) is 0 Å². The molecule has 0 saturated heterocycles. The van der Waals surface area contributed by atoms with Gasteiger partial charge >= 0.3 is 0 Å². The van der Waals surface area contributed by atoms with E-state index in [0.717, 1.165) is 0 Å². The van der Waals surface area contributed by atoms with Crippen LogP contribution >= 0.6 is 0 Å². The molecule has 6 nitrogen and oxygen atoms in total. The molecule has 4 N–H and O–H groups in total. The summed E-state index contributed by atoms with van der Waals surface area (Å²) in [6, 6.07) is 5.15. The second-order valence-electron chi connectivity index (χ2n) is 4.62. The number of nitriles is 1. The Morgan fingerprint density at radius 1 is 1.47 bits per heavy atom. The van der Waals surface area contributed by atoms with Crippen molar-refractivity contribution in [3.05, 3.63) is 17.7 Å². The molecule has 0 aromatic heterocycles. The Morgan fingerprint density at radius 2 is 2.05 bits per heavy atom. The molecule has 0 radical (unpaired) electrons. The average molecular weight is 282 g/mol. The van der Waals surface area contributed by atoms with Gasteiger partial charge in [-0.3, -0.25) is 0 Å². The molecule has 1 unspecified atom stereocenters. The van der Waals surface area contributed by atoms with Crippen molar-refractivity contribution in [2.75, 3.05) is 24.2 Å². The number of nitrogen functional groups attached to an aromatic ring is 1. The van der Waals surface area contributed by atoms with Gasteiger partial charge in [-0.05, 0) is 31.5 Å². The SMILES string of the molecule is Cc1c(N(C)CC(C)C#N)cc(N)cc1S(N)(=O)=O. The Balaban J connectivity index is 3.30. The third-order valence-corrected chi connectivity index (χ3v) is 3.88. The molecule has 0 fully saturated rings. The Bertz CT molecular complexity index is 619. The highest BCUT2D eigenvalue weighted by atomic mass is 32.2. The van der Waals surface area contributed by atoms with Crippen molar-refractivity contribution in [1.82, 2.24) is 0 Å².